The second-order valence-electron chi connectivity index (χ2n) is 5.85. The van der Waals surface area contributed by atoms with Gasteiger partial charge in [0.2, 0.25) is 5.91 Å². The normalized spacial score (nSPS) is 14.6. The van der Waals surface area contributed by atoms with Gasteiger partial charge in [-0.2, -0.15) is 0 Å². The second-order valence-corrected chi connectivity index (χ2v) is 6.26. The van der Waals surface area contributed by atoms with Gasteiger partial charge in [0.1, 0.15) is 5.75 Å². The number of carbonyl (C=O) groups excluding carboxylic acids is 1. The lowest BCUT2D eigenvalue weighted by Crippen LogP contribution is -2.49. The summed E-state index contributed by atoms with van der Waals surface area (Å²) in [5.74, 6) is 0.866. The van der Waals surface area contributed by atoms with Crippen molar-refractivity contribution in [3.8, 4) is 5.75 Å². The molecule has 0 aliphatic carbocycles. The van der Waals surface area contributed by atoms with Crippen molar-refractivity contribution in [3.05, 3.63) is 59.1 Å². The summed E-state index contributed by atoms with van der Waals surface area (Å²) in [6, 6.07) is 15.7. The first-order valence-corrected chi connectivity index (χ1v) is 8.45. The van der Waals surface area contributed by atoms with E-state index < -0.39 is 0 Å². The number of hydrogen-bond acceptors (Lipinski definition) is 3. The molecule has 0 aromatic heterocycles. The summed E-state index contributed by atoms with van der Waals surface area (Å²) in [6.07, 6.45) is 0.467. The monoisotopic (exact) mass is 344 g/mol. The number of nitrogens with zero attached hydrogens (tertiary/aromatic N) is 2. The van der Waals surface area contributed by atoms with E-state index in [0.29, 0.717) is 17.2 Å². The van der Waals surface area contributed by atoms with Crippen molar-refractivity contribution >= 4 is 23.2 Å². The van der Waals surface area contributed by atoms with Crippen molar-refractivity contribution in [1.82, 2.24) is 4.90 Å². The molecule has 126 valence electrons. The molecule has 0 atom stereocenters. The molecule has 0 bridgehead atoms. The van der Waals surface area contributed by atoms with Gasteiger partial charge in [0.15, 0.2) is 0 Å². The van der Waals surface area contributed by atoms with E-state index in [0.717, 1.165) is 37.4 Å². The van der Waals surface area contributed by atoms with E-state index in [1.165, 1.54) is 0 Å². The van der Waals surface area contributed by atoms with Crippen LogP contribution in [-0.2, 0) is 11.2 Å². The van der Waals surface area contributed by atoms with Gasteiger partial charge in [-0.25, -0.2) is 0 Å². The molecule has 1 saturated heterocycles. The van der Waals surface area contributed by atoms with Crippen molar-refractivity contribution in [1.29, 1.82) is 0 Å². The minimum Gasteiger partial charge on any atom is -0.495 e. The number of ether oxygens (including phenoxy) is 1. The number of methoxy groups -OCH3 is 1. The Kier molecular flexibility index (Phi) is 5.26. The number of piperazine rings is 1. The molecule has 1 fully saturated rings. The van der Waals surface area contributed by atoms with Crippen LogP contribution in [0.1, 0.15) is 5.56 Å². The van der Waals surface area contributed by atoms with Crippen LogP contribution in [0.25, 0.3) is 0 Å². The maximum absolute atomic E-state index is 12.4. The Labute approximate surface area is 147 Å². The molecule has 1 aliphatic rings. The zero-order valence-electron chi connectivity index (χ0n) is 13.7. The van der Waals surface area contributed by atoms with Crippen molar-refractivity contribution in [2.24, 2.45) is 0 Å². The third-order valence-corrected chi connectivity index (χ3v) is 4.63. The molecule has 4 nitrogen and oxygen atoms in total. The Balaban J connectivity index is 1.57. The molecule has 1 amide bonds. The highest BCUT2D eigenvalue weighted by molar-refractivity contribution is 6.32. The van der Waals surface area contributed by atoms with Crippen LogP contribution in [0.4, 0.5) is 5.69 Å². The highest BCUT2D eigenvalue weighted by Gasteiger charge is 2.21. The maximum Gasteiger partial charge on any atom is 0.227 e. The van der Waals surface area contributed by atoms with Crippen LogP contribution < -0.4 is 9.64 Å². The molecule has 2 aromatic carbocycles. The Hall–Kier alpha value is -2.20. The SMILES string of the molecule is COc1ccc(N2CCN(C(=O)Cc3ccccc3)CC2)cc1Cl. The van der Waals surface area contributed by atoms with Gasteiger partial charge in [0, 0.05) is 31.9 Å². The molecule has 0 spiro atoms. The molecule has 0 saturated carbocycles. The van der Waals surface area contributed by atoms with Gasteiger partial charge in [0.25, 0.3) is 0 Å². The van der Waals surface area contributed by atoms with Crippen molar-refractivity contribution < 1.29 is 9.53 Å². The summed E-state index contributed by atoms with van der Waals surface area (Å²) >= 11 is 6.20. The van der Waals surface area contributed by atoms with E-state index in [4.69, 9.17) is 16.3 Å². The van der Waals surface area contributed by atoms with Crippen molar-refractivity contribution in [3.63, 3.8) is 0 Å². The van der Waals surface area contributed by atoms with Gasteiger partial charge in [-0.05, 0) is 23.8 Å². The lowest BCUT2D eigenvalue weighted by atomic mass is 10.1. The first kappa shape index (κ1) is 16.7. The number of rotatable bonds is 4. The topological polar surface area (TPSA) is 32.8 Å². The number of anilines is 1. The Morgan fingerprint density at radius 1 is 1.08 bits per heavy atom. The predicted molar refractivity (Wildman–Crippen MR) is 96.9 cm³/mol. The van der Waals surface area contributed by atoms with Gasteiger partial charge < -0.3 is 14.5 Å². The summed E-state index contributed by atoms with van der Waals surface area (Å²) in [4.78, 5) is 16.6. The molecule has 0 unspecified atom stereocenters. The highest BCUT2D eigenvalue weighted by atomic mass is 35.5. The highest BCUT2D eigenvalue weighted by Crippen LogP contribution is 2.29. The maximum atomic E-state index is 12.4. The summed E-state index contributed by atoms with van der Waals surface area (Å²) in [5, 5.41) is 0.609. The average Bonchev–Trinajstić information content (AvgIpc) is 2.62. The van der Waals surface area contributed by atoms with Crippen molar-refractivity contribution in [2.45, 2.75) is 6.42 Å². The zero-order chi connectivity index (χ0) is 16.9. The smallest absolute Gasteiger partial charge is 0.227 e. The molecular formula is C19H21ClN2O2. The van der Waals surface area contributed by atoms with Gasteiger partial charge in [-0.3, -0.25) is 4.79 Å². The Bertz CT molecular complexity index is 698. The fourth-order valence-electron chi connectivity index (χ4n) is 2.95. The molecule has 0 radical (unpaired) electrons. The molecule has 1 heterocycles. The lowest BCUT2D eigenvalue weighted by Gasteiger charge is -2.36. The van der Waals surface area contributed by atoms with Crippen LogP contribution in [0.15, 0.2) is 48.5 Å². The van der Waals surface area contributed by atoms with Gasteiger partial charge in [-0.15, -0.1) is 0 Å². The van der Waals surface area contributed by atoms with Gasteiger partial charge in [-0.1, -0.05) is 41.9 Å². The van der Waals surface area contributed by atoms with Crippen LogP contribution in [0.5, 0.6) is 5.75 Å². The fraction of sp³-hybridized carbons (Fsp3) is 0.316. The quantitative estimate of drug-likeness (QED) is 0.853. The standard InChI is InChI=1S/C19H21ClN2O2/c1-24-18-8-7-16(14-17(18)20)21-9-11-22(12-10-21)19(23)13-15-5-3-2-4-6-15/h2-8,14H,9-13H2,1H3. The summed E-state index contributed by atoms with van der Waals surface area (Å²) < 4.78 is 5.19. The van der Waals surface area contributed by atoms with Crippen LogP contribution in [-0.4, -0.2) is 44.1 Å². The minimum absolute atomic E-state index is 0.189. The largest absolute Gasteiger partial charge is 0.495 e. The summed E-state index contributed by atoms with van der Waals surface area (Å²) in [7, 11) is 1.61. The Morgan fingerprint density at radius 2 is 1.79 bits per heavy atom. The second kappa shape index (κ2) is 7.58. The molecule has 24 heavy (non-hydrogen) atoms. The van der Waals surface area contributed by atoms with E-state index in [-0.39, 0.29) is 5.91 Å². The third-order valence-electron chi connectivity index (χ3n) is 4.33. The fourth-order valence-corrected chi connectivity index (χ4v) is 3.20. The summed E-state index contributed by atoms with van der Waals surface area (Å²) in [5.41, 5.74) is 2.13. The van der Waals surface area contributed by atoms with Crippen LogP contribution in [0.3, 0.4) is 0 Å². The first-order chi connectivity index (χ1) is 11.7. The zero-order valence-corrected chi connectivity index (χ0v) is 14.5. The predicted octanol–water partition coefficient (Wildman–Crippen LogP) is 3.24. The molecule has 2 aromatic rings. The molecule has 3 rings (SSSR count). The number of amides is 1. The van der Waals surface area contributed by atoms with Gasteiger partial charge >= 0.3 is 0 Å². The van der Waals surface area contributed by atoms with Crippen LogP contribution in [0, 0.1) is 0 Å². The number of benzene rings is 2. The van der Waals surface area contributed by atoms with E-state index in [2.05, 4.69) is 4.90 Å². The number of hydrogen-bond donors (Lipinski definition) is 0. The van der Waals surface area contributed by atoms with Crippen LogP contribution >= 0.6 is 11.6 Å². The lowest BCUT2D eigenvalue weighted by molar-refractivity contribution is -0.130. The molecular weight excluding hydrogens is 324 g/mol. The first-order valence-electron chi connectivity index (χ1n) is 8.07. The van der Waals surface area contributed by atoms with Gasteiger partial charge in [0.05, 0.1) is 18.6 Å². The van der Waals surface area contributed by atoms with E-state index in [1.807, 2.05) is 53.4 Å². The molecule has 5 heteroatoms. The Morgan fingerprint density at radius 3 is 2.42 bits per heavy atom. The third kappa shape index (κ3) is 3.82. The molecule has 0 N–H and O–H groups in total. The van der Waals surface area contributed by atoms with E-state index in [9.17, 15) is 4.79 Å². The number of carbonyl (C=O) groups is 1. The summed E-state index contributed by atoms with van der Waals surface area (Å²) in [6.45, 7) is 3.08. The van der Waals surface area contributed by atoms with Crippen molar-refractivity contribution in [2.75, 3.05) is 38.2 Å². The molecule has 1 aliphatic heterocycles. The van der Waals surface area contributed by atoms with Crippen LogP contribution in [0.2, 0.25) is 5.02 Å². The average molecular weight is 345 g/mol. The minimum atomic E-state index is 0.189. The number of halogens is 1. The van der Waals surface area contributed by atoms with E-state index >= 15 is 0 Å². The van der Waals surface area contributed by atoms with E-state index in [1.54, 1.807) is 7.11 Å².